The average molecular weight is 200 g/mol. The molecule has 0 aliphatic heterocycles. The molecule has 0 amide bonds. The highest BCUT2D eigenvalue weighted by molar-refractivity contribution is 4.83. The van der Waals surface area contributed by atoms with Crippen LogP contribution in [0.1, 0.15) is 45.4 Å². The molecule has 0 heterocycles. The second-order valence-corrected chi connectivity index (χ2v) is 3.60. The number of ether oxygens (including phenoxy) is 1. The number of hydrogen-bond acceptors (Lipinski definition) is 2. The van der Waals surface area contributed by atoms with Gasteiger partial charge in [0.05, 0.1) is 12.7 Å². The molecule has 1 N–H and O–H groups in total. The lowest BCUT2D eigenvalue weighted by molar-refractivity contribution is 0.0951. The van der Waals surface area contributed by atoms with E-state index in [1.54, 1.807) is 13.2 Å². The molecule has 0 aromatic rings. The summed E-state index contributed by atoms with van der Waals surface area (Å²) in [4.78, 5) is 0. The predicted molar refractivity (Wildman–Crippen MR) is 60.4 cm³/mol. The Kier molecular flexibility index (Phi) is 10.5. The molecule has 0 saturated carbocycles. The van der Waals surface area contributed by atoms with Crippen molar-refractivity contribution in [2.24, 2.45) is 0 Å². The molecular formula is C12H24O2. The SMILES string of the molecule is CCCCCCC(C/C=C/CO)OC. The Labute approximate surface area is 88.0 Å². The van der Waals surface area contributed by atoms with Gasteiger partial charge in [0.2, 0.25) is 0 Å². The lowest BCUT2D eigenvalue weighted by Crippen LogP contribution is -2.08. The molecule has 0 aromatic heterocycles. The number of rotatable bonds is 9. The highest BCUT2D eigenvalue weighted by Crippen LogP contribution is 2.10. The minimum atomic E-state index is 0.131. The number of methoxy groups -OCH3 is 1. The van der Waals surface area contributed by atoms with E-state index >= 15 is 0 Å². The highest BCUT2D eigenvalue weighted by Gasteiger charge is 2.03. The van der Waals surface area contributed by atoms with Crippen LogP contribution in [0.4, 0.5) is 0 Å². The summed E-state index contributed by atoms with van der Waals surface area (Å²) in [5, 5.41) is 8.57. The number of hydrogen-bond donors (Lipinski definition) is 1. The maximum Gasteiger partial charge on any atom is 0.0612 e. The summed E-state index contributed by atoms with van der Waals surface area (Å²) in [5.41, 5.74) is 0. The summed E-state index contributed by atoms with van der Waals surface area (Å²) in [6.45, 7) is 2.35. The normalized spacial score (nSPS) is 13.6. The number of aliphatic hydroxyl groups excluding tert-OH is 1. The maximum absolute atomic E-state index is 8.57. The Morgan fingerprint density at radius 3 is 2.57 bits per heavy atom. The zero-order valence-electron chi connectivity index (χ0n) is 9.54. The van der Waals surface area contributed by atoms with E-state index in [4.69, 9.17) is 9.84 Å². The number of aliphatic hydroxyl groups is 1. The van der Waals surface area contributed by atoms with Crippen molar-refractivity contribution < 1.29 is 9.84 Å². The highest BCUT2D eigenvalue weighted by atomic mass is 16.5. The van der Waals surface area contributed by atoms with E-state index in [1.807, 2.05) is 6.08 Å². The van der Waals surface area contributed by atoms with Crippen molar-refractivity contribution in [1.29, 1.82) is 0 Å². The van der Waals surface area contributed by atoms with Gasteiger partial charge in [0, 0.05) is 7.11 Å². The monoisotopic (exact) mass is 200 g/mol. The van der Waals surface area contributed by atoms with E-state index in [0.29, 0.717) is 6.10 Å². The first-order chi connectivity index (χ1) is 6.85. The van der Waals surface area contributed by atoms with Crippen LogP contribution in [0.5, 0.6) is 0 Å². The summed E-state index contributed by atoms with van der Waals surface area (Å²) in [5.74, 6) is 0. The predicted octanol–water partition coefficient (Wildman–Crippen LogP) is 2.91. The Hall–Kier alpha value is -0.340. The molecule has 84 valence electrons. The molecule has 0 fully saturated rings. The summed E-state index contributed by atoms with van der Waals surface area (Å²) in [7, 11) is 1.76. The minimum Gasteiger partial charge on any atom is -0.392 e. The van der Waals surface area contributed by atoms with E-state index in [2.05, 4.69) is 6.92 Å². The van der Waals surface area contributed by atoms with Gasteiger partial charge in [-0.25, -0.2) is 0 Å². The van der Waals surface area contributed by atoms with Gasteiger partial charge < -0.3 is 9.84 Å². The Balaban J connectivity index is 3.42. The fourth-order valence-electron chi connectivity index (χ4n) is 1.45. The molecule has 0 saturated heterocycles. The van der Waals surface area contributed by atoms with Gasteiger partial charge in [0.15, 0.2) is 0 Å². The summed E-state index contributed by atoms with van der Waals surface area (Å²) >= 11 is 0. The Morgan fingerprint density at radius 2 is 2.00 bits per heavy atom. The topological polar surface area (TPSA) is 29.5 Å². The molecule has 0 bridgehead atoms. The first-order valence-electron chi connectivity index (χ1n) is 5.63. The third kappa shape index (κ3) is 8.27. The summed E-state index contributed by atoms with van der Waals surface area (Å²) in [6, 6.07) is 0. The molecule has 1 atom stereocenters. The molecule has 0 rings (SSSR count). The van der Waals surface area contributed by atoms with Crippen LogP contribution in [0.3, 0.4) is 0 Å². The van der Waals surface area contributed by atoms with Crippen LogP contribution in [0.2, 0.25) is 0 Å². The third-order valence-corrected chi connectivity index (χ3v) is 2.38. The van der Waals surface area contributed by atoms with E-state index in [9.17, 15) is 0 Å². The molecule has 0 radical (unpaired) electrons. The number of unbranched alkanes of at least 4 members (excludes halogenated alkanes) is 3. The molecule has 0 aliphatic rings. The van der Waals surface area contributed by atoms with Gasteiger partial charge >= 0.3 is 0 Å². The minimum absolute atomic E-state index is 0.131. The zero-order chi connectivity index (χ0) is 10.6. The largest absolute Gasteiger partial charge is 0.392 e. The smallest absolute Gasteiger partial charge is 0.0612 e. The molecule has 1 unspecified atom stereocenters. The second kappa shape index (κ2) is 10.7. The Morgan fingerprint density at radius 1 is 1.21 bits per heavy atom. The first-order valence-corrected chi connectivity index (χ1v) is 5.63. The quantitative estimate of drug-likeness (QED) is 0.458. The van der Waals surface area contributed by atoms with E-state index in [1.165, 1.54) is 25.7 Å². The molecule has 0 aliphatic carbocycles. The molecule has 14 heavy (non-hydrogen) atoms. The van der Waals surface area contributed by atoms with Crippen molar-refractivity contribution in [1.82, 2.24) is 0 Å². The molecule has 0 aromatic carbocycles. The van der Waals surface area contributed by atoms with Crippen molar-refractivity contribution in [3.8, 4) is 0 Å². The van der Waals surface area contributed by atoms with Crippen LogP contribution >= 0.6 is 0 Å². The van der Waals surface area contributed by atoms with Crippen LogP contribution in [-0.4, -0.2) is 24.9 Å². The van der Waals surface area contributed by atoms with Crippen LogP contribution in [0.25, 0.3) is 0 Å². The van der Waals surface area contributed by atoms with Gasteiger partial charge in [0.25, 0.3) is 0 Å². The van der Waals surface area contributed by atoms with E-state index < -0.39 is 0 Å². The summed E-state index contributed by atoms with van der Waals surface area (Å²) < 4.78 is 5.34. The lowest BCUT2D eigenvalue weighted by Gasteiger charge is -2.12. The van der Waals surface area contributed by atoms with Gasteiger partial charge in [-0.15, -0.1) is 0 Å². The van der Waals surface area contributed by atoms with Gasteiger partial charge in [-0.1, -0.05) is 44.8 Å². The van der Waals surface area contributed by atoms with Crippen LogP contribution < -0.4 is 0 Å². The molecule has 0 spiro atoms. The fraction of sp³-hybridized carbons (Fsp3) is 0.833. The lowest BCUT2D eigenvalue weighted by atomic mass is 10.1. The van der Waals surface area contributed by atoms with Crippen LogP contribution in [0.15, 0.2) is 12.2 Å². The van der Waals surface area contributed by atoms with Gasteiger partial charge in [-0.2, -0.15) is 0 Å². The van der Waals surface area contributed by atoms with Crippen molar-refractivity contribution >= 4 is 0 Å². The van der Waals surface area contributed by atoms with Gasteiger partial charge in [-0.05, 0) is 12.8 Å². The Bertz CT molecular complexity index is 132. The first kappa shape index (κ1) is 13.7. The van der Waals surface area contributed by atoms with Gasteiger partial charge in [0.1, 0.15) is 0 Å². The molecular weight excluding hydrogens is 176 g/mol. The molecule has 2 nitrogen and oxygen atoms in total. The van der Waals surface area contributed by atoms with Crippen molar-refractivity contribution in [3.05, 3.63) is 12.2 Å². The maximum atomic E-state index is 8.57. The van der Waals surface area contributed by atoms with Crippen LogP contribution in [-0.2, 0) is 4.74 Å². The van der Waals surface area contributed by atoms with Crippen molar-refractivity contribution in [2.45, 2.75) is 51.6 Å². The third-order valence-electron chi connectivity index (χ3n) is 2.38. The van der Waals surface area contributed by atoms with Crippen LogP contribution in [0, 0.1) is 0 Å². The van der Waals surface area contributed by atoms with Crippen molar-refractivity contribution in [3.63, 3.8) is 0 Å². The standard InChI is InChI=1S/C12H24O2/c1-3-4-5-6-9-12(14-2)10-7-8-11-13/h7-8,12-13H,3-6,9-11H2,1-2H3/b8-7+. The zero-order valence-corrected chi connectivity index (χ0v) is 9.54. The molecule has 2 heteroatoms. The van der Waals surface area contributed by atoms with Crippen molar-refractivity contribution in [2.75, 3.05) is 13.7 Å². The average Bonchev–Trinajstić information content (AvgIpc) is 2.22. The van der Waals surface area contributed by atoms with E-state index in [-0.39, 0.29) is 6.61 Å². The van der Waals surface area contributed by atoms with Gasteiger partial charge in [-0.3, -0.25) is 0 Å². The summed E-state index contributed by atoms with van der Waals surface area (Å²) in [6.07, 6.45) is 11.3. The van der Waals surface area contributed by atoms with E-state index in [0.717, 1.165) is 12.8 Å². The second-order valence-electron chi connectivity index (χ2n) is 3.60. The fourth-order valence-corrected chi connectivity index (χ4v) is 1.45.